The van der Waals surface area contributed by atoms with Gasteiger partial charge in [-0.1, -0.05) is 0 Å². The van der Waals surface area contributed by atoms with Gasteiger partial charge in [-0.25, -0.2) is 14.5 Å². The maximum absolute atomic E-state index is 6.22. The van der Waals surface area contributed by atoms with Gasteiger partial charge in [0.15, 0.2) is 11.4 Å². The van der Waals surface area contributed by atoms with Crippen LogP contribution in [0.4, 0.5) is 5.82 Å². The monoisotopic (exact) mass is 435 g/mol. The Morgan fingerprint density at radius 3 is 2.84 bits per heavy atom. The normalized spacial score (nSPS) is 16.6. The van der Waals surface area contributed by atoms with E-state index in [9.17, 15) is 0 Å². The maximum atomic E-state index is 6.22. The molecule has 0 aliphatic carbocycles. The molecule has 4 aromatic heterocycles. The summed E-state index contributed by atoms with van der Waals surface area (Å²) in [7, 11) is 4.30. The molecule has 0 spiro atoms. The Balaban J connectivity index is 1.49. The van der Waals surface area contributed by atoms with Gasteiger partial charge in [0.05, 0.1) is 11.6 Å². The van der Waals surface area contributed by atoms with E-state index in [1.54, 1.807) is 16.8 Å². The lowest BCUT2D eigenvalue weighted by Crippen LogP contribution is -2.42. The highest BCUT2D eigenvalue weighted by Crippen LogP contribution is 2.34. The molecule has 5 heterocycles. The van der Waals surface area contributed by atoms with Crippen LogP contribution in [0, 0.1) is 0 Å². The Labute approximate surface area is 186 Å². The molecule has 1 aliphatic heterocycles. The molecule has 0 amide bonds. The lowest BCUT2D eigenvalue weighted by molar-refractivity contribution is 0.252. The van der Waals surface area contributed by atoms with Gasteiger partial charge in [-0.05, 0) is 58.1 Å². The molecule has 9 heteroatoms. The molecule has 0 radical (unpaired) electrons. The van der Waals surface area contributed by atoms with E-state index in [2.05, 4.69) is 34.0 Å². The van der Waals surface area contributed by atoms with Gasteiger partial charge in [-0.2, -0.15) is 0 Å². The number of pyridine rings is 1. The van der Waals surface area contributed by atoms with Crippen molar-refractivity contribution in [2.45, 2.75) is 31.8 Å². The van der Waals surface area contributed by atoms with Crippen molar-refractivity contribution in [1.82, 2.24) is 24.5 Å². The third-order valence-electron chi connectivity index (χ3n) is 6.08. The predicted molar refractivity (Wildman–Crippen MR) is 124 cm³/mol. The van der Waals surface area contributed by atoms with E-state index < -0.39 is 0 Å². The van der Waals surface area contributed by atoms with Crippen LogP contribution in [0.1, 0.15) is 19.8 Å². The Morgan fingerprint density at radius 2 is 2.06 bits per heavy atom. The maximum Gasteiger partial charge on any atom is 0.231 e. The van der Waals surface area contributed by atoms with E-state index in [-0.39, 0.29) is 6.04 Å². The number of hydrogen-bond donors (Lipinski definition) is 1. The number of piperidine rings is 1. The Bertz CT molecular complexity index is 1220. The lowest BCUT2D eigenvalue weighted by Gasteiger charge is -2.35. The first kappa shape index (κ1) is 20.7. The second kappa shape index (κ2) is 8.40. The van der Waals surface area contributed by atoms with Crippen molar-refractivity contribution in [1.29, 1.82) is 0 Å². The summed E-state index contributed by atoms with van der Waals surface area (Å²) in [6.45, 7) is 4.49. The molecular formula is C23H29N7O2. The van der Waals surface area contributed by atoms with Gasteiger partial charge in [0, 0.05) is 31.4 Å². The first-order chi connectivity index (χ1) is 15.5. The number of imidazole rings is 1. The second-order valence-electron chi connectivity index (χ2n) is 8.68. The molecule has 32 heavy (non-hydrogen) atoms. The Hall–Kier alpha value is -3.17. The molecule has 0 saturated carbocycles. The number of nitrogens with zero attached hydrogens (tertiary/aromatic N) is 6. The van der Waals surface area contributed by atoms with Crippen LogP contribution in [0.15, 0.2) is 41.1 Å². The molecule has 0 aromatic carbocycles. The van der Waals surface area contributed by atoms with E-state index in [0.29, 0.717) is 24.3 Å². The summed E-state index contributed by atoms with van der Waals surface area (Å²) in [4.78, 5) is 13.8. The lowest BCUT2D eigenvalue weighted by atomic mass is 10.0. The first-order valence-corrected chi connectivity index (χ1v) is 11.0. The summed E-state index contributed by atoms with van der Waals surface area (Å²) < 4.78 is 13.6. The van der Waals surface area contributed by atoms with Crippen LogP contribution in [0.5, 0.6) is 5.88 Å². The second-order valence-corrected chi connectivity index (χ2v) is 8.68. The van der Waals surface area contributed by atoms with E-state index in [4.69, 9.17) is 19.9 Å². The van der Waals surface area contributed by atoms with Gasteiger partial charge in [0.2, 0.25) is 5.88 Å². The first-order valence-electron chi connectivity index (χ1n) is 11.0. The average Bonchev–Trinajstić information content (AvgIpc) is 3.41. The van der Waals surface area contributed by atoms with Crippen LogP contribution in [-0.4, -0.2) is 70.4 Å². The average molecular weight is 436 g/mol. The summed E-state index contributed by atoms with van der Waals surface area (Å²) in [5.41, 5.74) is 8.07. The highest BCUT2D eigenvalue weighted by Gasteiger charge is 2.24. The topological polar surface area (TPSA) is 98.0 Å². The number of rotatable bonds is 6. The van der Waals surface area contributed by atoms with Gasteiger partial charge < -0.3 is 24.7 Å². The van der Waals surface area contributed by atoms with Crippen molar-refractivity contribution in [3.05, 3.63) is 36.7 Å². The minimum Gasteiger partial charge on any atom is -0.475 e. The Morgan fingerprint density at radius 1 is 1.25 bits per heavy atom. The third-order valence-corrected chi connectivity index (χ3v) is 6.08. The SMILES string of the molecule is C[C@H](N)COc1ccc2ncc(-c3cc4c(N(C)C5CCN(C)CC5)nccc4o3)n2n1. The Kier molecular flexibility index (Phi) is 5.44. The van der Waals surface area contributed by atoms with E-state index in [1.165, 1.54) is 0 Å². The molecule has 1 saturated heterocycles. The number of furan rings is 1. The largest absolute Gasteiger partial charge is 0.475 e. The number of hydrogen-bond acceptors (Lipinski definition) is 8. The molecule has 4 aromatic rings. The van der Waals surface area contributed by atoms with Crippen LogP contribution in [0.3, 0.4) is 0 Å². The van der Waals surface area contributed by atoms with Crippen molar-refractivity contribution < 1.29 is 9.15 Å². The van der Waals surface area contributed by atoms with Crippen LogP contribution in [0.25, 0.3) is 28.1 Å². The highest BCUT2D eigenvalue weighted by atomic mass is 16.5. The molecule has 168 valence electrons. The van der Waals surface area contributed by atoms with Crippen molar-refractivity contribution in [2.24, 2.45) is 5.73 Å². The zero-order chi connectivity index (χ0) is 22.2. The molecule has 0 bridgehead atoms. The highest BCUT2D eigenvalue weighted by molar-refractivity contribution is 5.92. The molecule has 2 N–H and O–H groups in total. The van der Waals surface area contributed by atoms with Crippen molar-refractivity contribution in [3.63, 3.8) is 0 Å². The molecule has 1 fully saturated rings. The standard InChI is InChI=1S/C23H29N7O2/c1-15(24)14-31-22-5-4-21-26-13-18(30(21)27-22)20-12-17-19(32-20)6-9-25-23(17)29(3)16-7-10-28(2)11-8-16/h4-6,9,12-13,15-16H,7-8,10-11,14,24H2,1-3H3/t15-/m0/s1. The van der Waals surface area contributed by atoms with Crippen molar-refractivity contribution >= 4 is 22.4 Å². The zero-order valence-corrected chi connectivity index (χ0v) is 18.7. The van der Waals surface area contributed by atoms with E-state index in [1.807, 2.05) is 31.3 Å². The number of fused-ring (bicyclic) bond motifs is 2. The molecular weight excluding hydrogens is 406 g/mol. The van der Waals surface area contributed by atoms with Crippen LogP contribution >= 0.6 is 0 Å². The zero-order valence-electron chi connectivity index (χ0n) is 18.7. The van der Waals surface area contributed by atoms with Gasteiger partial charge in [0.25, 0.3) is 0 Å². The summed E-state index contributed by atoms with van der Waals surface area (Å²) in [6.07, 6.45) is 5.82. The minimum atomic E-state index is -0.0717. The van der Waals surface area contributed by atoms with Gasteiger partial charge in [0.1, 0.15) is 23.7 Å². The van der Waals surface area contributed by atoms with Crippen LogP contribution < -0.4 is 15.4 Å². The number of anilines is 1. The fourth-order valence-electron chi connectivity index (χ4n) is 4.23. The fraction of sp³-hybridized carbons (Fsp3) is 0.435. The number of ether oxygens (including phenoxy) is 1. The quantitative estimate of drug-likeness (QED) is 0.494. The van der Waals surface area contributed by atoms with Crippen molar-refractivity contribution in [2.75, 3.05) is 38.7 Å². The van der Waals surface area contributed by atoms with Gasteiger partial charge in [-0.15, -0.1) is 5.10 Å². The van der Waals surface area contributed by atoms with Crippen molar-refractivity contribution in [3.8, 4) is 17.3 Å². The number of nitrogens with two attached hydrogens (primary N) is 1. The smallest absolute Gasteiger partial charge is 0.231 e. The summed E-state index contributed by atoms with van der Waals surface area (Å²) in [5.74, 6) is 2.12. The molecule has 9 nitrogen and oxygen atoms in total. The summed E-state index contributed by atoms with van der Waals surface area (Å²) >= 11 is 0. The summed E-state index contributed by atoms with van der Waals surface area (Å²) in [6, 6.07) is 7.99. The van der Waals surface area contributed by atoms with E-state index in [0.717, 1.165) is 54.1 Å². The number of likely N-dealkylation sites (tertiary alicyclic amines) is 1. The molecule has 0 unspecified atom stereocenters. The van der Waals surface area contributed by atoms with Crippen LogP contribution in [0.2, 0.25) is 0 Å². The van der Waals surface area contributed by atoms with Gasteiger partial charge >= 0.3 is 0 Å². The predicted octanol–water partition coefficient (Wildman–Crippen LogP) is 2.79. The molecule has 1 aliphatic rings. The third kappa shape index (κ3) is 3.89. The fourth-order valence-corrected chi connectivity index (χ4v) is 4.23. The molecule has 5 rings (SSSR count). The van der Waals surface area contributed by atoms with Gasteiger partial charge in [-0.3, -0.25) is 0 Å². The van der Waals surface area contributed by atoms with E-state index >= 15 is 0 Å². The summed E-state index contributed by atoms with van der Waals surface area (Å²) in [5, 5.41) is 5.57. The van der Waals surface area contributed by atoms with Crippen LogP contribution in [-0.2, 0) is 0 Å². The minimum absolute atomic E-state index is 0.0717. The molecule has 1 atom stereocenters. The number of aromatic nitrogens is 4.